The van der Waals surface area contributed by atoms with Crippen LogP contribution < -0.4 is 5.56 Å². The lowest BCUT2D eigenvalue weighted by molar-refractivity contribution is 0.0531. The van der Waals surface area contributed by atoms with Gasteiger partial charge >= 0.3 is 5.97 Å². The highest BCUT2D eigenvalue weighted by Gasteiger charge is 2.20. The molecule has 0 amide bonds. The summed E-state index contributed by atoms with van der Waals surface area (Å²) in [5.74, 6) is -0.391. The Morgan fingerprint density at radius 2 is 2.19 bits per heavy atom. The Morgan fingerprint density at radius 1 is 1.48 bits per heavy atom. The van der Waals surface area contributed by atoms with Crippen molar-refractivity contribution in [1.29, 1.82) is 0 Å². The fourth-order valence-electron chi connectivity index (χ4n) is 2.02. The predicted molar refractivity (Wildman–Crippen MR) is 83.1 cm³/mol. The van der Waals surface area contributed by atoms with Gasteiger partial charge in [-0.25, -0.2) is 9.78 Å². The van der Waals surface area contributed by atoms with E-state index in [0.29, 0.717) is 33.8 Å². The molecule has 2 aromatic heterocycles. The number of fused-ring (bicyclic) bond motifs is 1. The number of aryl methyl sites for hydroxylation is 1. The summed E-state index contributed by atoms with van der Waals surface area (Å²) in [5.41, 5.74) is 0.552. The molecule has 0 N–H and O–H groups in total. The van der Waals surface area contributed by atoms with E-state index in [4.69, 9.17) is 4.74 Å². The van der Waals surface area contributed by atoms with E-state index >= 15 is 0 Å². The lowest BCUT2D eigenvalue weighted by Crippen LogP contribution is -2.26. The molecule has 0 radical (unpaired) electrons. The third kappa shape index (κ3) is 3.14. The van der Waals surface area contributed by atoms with E-state index < -0.39 is 5.97 Å². The number of hydrogen-bond acceptors (Lipinski definition) is 6. The van der Waals surface area contributed by atoms with E-state index in [1.54, 1.807) is 24.7 Å². The van der Waals surface area contributed by atoms with Crippen LogP contribution in [0.25, 0.3) is 10.2 Å². The van der Waals surface area contributed by atoms with Crippen LogP contribution in [-0.2, 0) is 11.3 Å². The second kappa shape index (κ2) is 6.36. The fraction of sp³-hybridized carbons (Fsp3) is 0.500. The SMILES string of the molecule is CCOC(=O)c1sc2ncn(CCN(C)C)c(=O)c2c1C. The normalized spacial score (nSPS) is 11.3. The molecule has 6 nitrogen and oxygen atoms in total. The fourth-order valence-corrected chi connectivity index (χ4v) is 3.05. The first-order chi connectivity index (χ1) is 9.95. The molecule has 0 atom stereocenters. The largest absolute Gasteiger partial charge is 0.462 e. The van der Waals surface area contributed by atoms with Crippen molar-refractivity contribution in [1.82, 2.24) is 14.5 Å². The first kappa shape index (κ1) is 15.7. The Hall–Kier alpha value is -1.73. The van der Waals surface area contributed by atoms with Gasteiger partial charge in [0, 0.05) is 13.1 Å². The molecule has 0 fully saturated rings. The molecular formula is C14H19N3O3S. The number of carbonyl (C=O) groups excluding carboxylic acids is 1. The van der Waals surface area contributed by atoms with Crippen LogP contribution in [0.4, 0.5) is 0 Å². The molecule has 0 aliphatic carbocycles. The van der Waals surface area contributed by atoms with Crippen molar-refractivity contribution in [3.63, 3.8) is 0 Å². The van der Waals surface area contributed by atoms with Crippen molar-refractivity contribution in [3.8, 4) is 0 Å². The first-order valence-corrected chi connectivity index (χ1v) is 7.57. The maximum Gasteiger partial charge on any atom is 0.348 e. The Bertz CT molecular complexity index is 718. The molecule has 2 heterocycles. The molecule has 2 aromatic rings. The van der Waals surface area contributed by atoms with Gasteiger partial charge in [0.1, 0.15) is 9.71 Å². The third-order valence-corrected chi connectivity index (χ3v) is 4.35. The summed E-state index contributed by atoms with van der Waals surface area (Å²) in [5, 5.41) is 0.518. The topological polar surface area (TPSA) is 64.4 Å². The molecule has 0 aromatic carbocycles. The van der Waals surface area contributed by atoms with Gasteiger partial charge < -0.3 is 9.64 Å². The van der Waals surface area contributed by atoms with Gasteiger partial charge in [0.25, 0.3) is 5.56 Å². The smallest absolute Gasteiger partial charge is 0.348 e. The highest BCUT2D eigenvalue weighted by atomic mass is 32.1. The van der Waals surface area contributed by atoms with E-state index in [9.17, 15) is 9.59 Å². The zero-order valence-electron chi connectivity index (χ0n) is 12.7. The van der Waals surface area contributed by atoms with Gasteiger partial charge in [-0.1, -0.05) is 0 Å². The Labute approximate surface area is 127 Å². The number of carbonyl (C=O) groups is 1. The molecule has 2 rings (SSSR count). The highest BCUT2D eigenvalue weighted by molar-refractivity contribution is 7.20. The van der Waals surface area contributed by atoms with Gasteiger partial charge in [-0.15, -0.1) is 11.3 Å². The summed E-state index contributed by atoms with van der Waals surface area (Å²) >= 11 is 1.21. The van der Waals surface area contributed by atoms with Crippen LogP contribution in [0.2, 0.25) is 0 Å². The van der Waals surface area contributed by atoms with Crippen LogP contribution in [0.3, 0.4) is 0 Å². The van der Waals surface area contributed by atoms with Gasteiger partial charge in [0.2, 0.25) is 0 Å². The van der Waals surface area contributed by atoms with Crippen molar-refractivity contribution < 1.29 is 9.53 Å². The molecule has 0 saturated heterocycles. The number of likely N-dealkylation sites (N-methyl/N-ethyl adjacent to an activating group) is 1. The summed E-state index contributed by atoms with van der Waals surface area (Å²) in [7, 11) is 3.90. The Morgan fingerprint density at radius 3 is 2.81 bits per heavy atom. The molecule has 0 bridgehead atoms. The quantitative estimate of drug-likeness (QED) is 0.783. The van der Waals surface area contributed by atoms with Crippen LogP contribution >= 0.6 is 11.3 Å². The third-order valence-electron chi connectivity index (χ3n) is 3.17. The van der Waals surface area contributed by atoms with Gasteiger partial charge in [-0.2, -0.15) is 0 Å². The Balaban J connectivity index is 2.47. The van der Waals surface area contributed by atoms with Gasteiger partial charge in [-0.05, 0) is 33.5 Å². The number of rotatable bonds is 5. The molecule has 0 saturated carbocycles. The second-order valence-electron chi connectivity index (χ2n) is 5.00. The maximum absolute atomic E-state index is 12.5. The van der Waals surface area contributed by atoms with Crippen LogP contribution in [0.1, 0.15) is 22.2 Å². The standard InChI is InChI=1S/C14H19N3O3S/c1-5-20-14(19)11-9(2)10-12(21-11)15-8-17(13(10)18)7-6-16(3)4/h8H,5-7H2,1-4H3. The minimum atomic E-state index is -0.391. The number of ether oxygens (including phenoxy) is 1. The monoisotopic (exact) mass is 309 g/mol. The molecule has 0 aliphatic rings. The zero-order chi connectivity index (χ0) is 15.6. The summed E-state index contributed by atoms with van der Waals surface area (Å²) in [4.78, 5) is 31.8. The molecule has 114 valence electrons. The van der Waals surface area contributed by atoms with Gasteiger partial charge in [0.05, 0.1) is 18.3 Å². The van der Waals surface area contributed by atoms with E-state index in [0.717, 1.165) is 6.54 Å². The summed E-state index contributed by atoms with van der Waals surface area (Å²) in [6, 6.07) is 0. The van der Waals surface area contributed by atoms with Crippen molar-refractivity contribution in [3.05, 3.63) is 27.1 Å². The van der Waals surface area contributed by atoms with Crippen LogP contribution in [0.15, 0.2) is 11.1 Å². The molecular weight excluding hydrogens is 290 g/mol. The number of aromatic nitrogens is 2. The lowest BCUT2D eigenvalue weighted by atomic mass is 10.2. The number of thiophene rings is 1. The highest BCUT2D eigenvalue weighted by Crippen LogP contribution is 2.27. The summed E-state index contributed by atoms with van der Waals surface area (Å²) in [6.45, 7) is 5.16. The molecule has 0 spiro atoms. The van der Waals surface area contributed by atoms with Crippen molar-refractivity contribution in [2.24, 2.45) is 0 Å². The zero-order valence-corrected chi connectivity index (χ0v) is 13.5. The summed E-state index contributed by atoms with van der Waals surface area (Å²) in [6.07, 6.45) is 1.54. The van der Waals surface area contributed by atoms with Crippen LogP contribution in [0, 0.1) is 6.92 Å². The maximum atomic E-state index is 12.5. The van der Waals surface area contributed by atoms with E-state index in [1.165, 1.54) is 11.3 Å². The van der Waals surface area contributed by atoms with Gasteiger partial charge in [-0.3, -0.25) is 9.36 Å². The van der Waals surface area contributed by atoms with E-state index in [-0.39, 0.29) is 5.56 Å². The molecule has 0 unspecified atom stereocenters. The average molecular weight is 309 g/mol. The predicted octanol–water partition coefficient (Wildman–Crippen LogP) is 1.50. The van der Waals surface area contributed by atoms with Crippen molar-refractivity contribution >= 4 is 27.5 Å². The first-order valence-electron chi connectivity index (χ1n) is 6.76. The average Bonchev–Trinajstić information content (AvgIpc) is 2.76. The number of hydrogen-bond donors (Lipinski definition) is 0. The minimum Gasteiger partial charge on any atom is -0.462 e. The van der Waals surface area contributed by atoms with Crippen LogP contribution in [0.5, 0.6) is 0 Å². The second-order valence-corrected chi connectivity index (χ2v) is 6.00. The number of esters is 1. The van der Waals surface area contributed by atoms with E-state index in [1.807, 2.05) is 19.0 Å². The van der Waals surface area contributed by atoms with Crippen LogP contribution in [-0.4, -0.2) is 47.7 Å². The van der Waals surface area contributed by atoms with E-state index in [2.05, 4.69) is 4.98 Å². The lowest BCUT2D eigenvalue weighted by Gasteiger charge is -2.10. The summed E-state index contributed by atoms with van der Waals surface area (Å²) < 4.78 is 6.60. The minimum absolute atomic E-state index is 0.105. The van der Waals surface area contributed by atoms with Crippen molar-refractivity contribution in [2.75, 3.05) is 27.2 Å². The Kier molecular flexibility index (Phi) is 4.74. The number of nitrogens with zero attached hydrogens (tertiary/aromatic N) is 3. The molecule has 21 heavy (non-hydrogen) atoms. The molecule has 7 heteroatoms. The van der Waals surface area contributed by atoms with Gasteiger partial charge in [0.15, 0.2) is 0 Å². The van der Waals surface area contributed by atoms with Crippen molar-refractivity contribution in [2.45, 2.75) is 20.4 Å². The molecule has 0 aliphatic heterocycles.